The molecule has 0 amide bonds. The fraction of sp³-hybridized carbons (Fsp3) is 0.300. The maximum absolute atomic E-state index is 11.3. The van der Waals surface area contributed by atoms with E-state index in [2.05, 4.69) is 21.3 Å². The fourth-order valence-electron chi connectivity index (χ4n) is 2.28. The number of likely N-dealkylation sites (N-methyl/N-ethyl adjacent to an activating group) is 2. The largest absolute Gasteiger partial charge is 3.00 e. The first-order chi connectivity index (χ1) is 15.3. The molecule has 0 saturated carbocycles. The Kier molecular flexibility index (Phi) is 14.6. The molecule has 0 aliphatic heterocycles. The number of carbonyl (C=O) groups excluding carboxylic acids is 2. The van der Waals surface area contributed by atoms with Crippen molar-refractivity contribution in [3.63, 3.8) is 0 Å². The van der Waals surface area contributed by atoms with E-state index in [9.17, 15) is 29.8 Å². The molecule has 0 aromatic heterocycles. The number of rotatable bonds is 10. The minimum atomic E-state index is -0.523. The van der Waals surface area contributed by atoms with Crippen molar-refractivity contribution in [2.45, 2.75) is 0 Å². The van der Waals surface area contributed by atoms with Crippen molar-refractivity contribution >= 4 is 11.6 Å². The van der Waals surface area contributed by atoms with Crippen LogP contribution in [0.4, 0.5) is 0 Å². The van der Waals surface area contributed by atoms with Gasteiger partial charge in [0.1, 0.15) is 0 Å². The Morgan fingerprint density at radius 3 is 1.39 bits per heavy atom. The van der Waals surface area contributed by atoms with Gasteiger partial charge < -0.3 is 21.3 Å². The zero-order valence-electron chi connectivity index (χ0n) is 18.1. The van der Waals surface area contributed by atoms with Crippen LogP contribution in [-0.2, 0) is 26.7 Å². The Balaban J connectivity index is 0.000000602. The quantitative estimate of drug-likeness (QED) is 0.105. The molecule has 0 aromatic carbocycles. The van der Waals surface area contributed by atoms with Gasteiger partial charge in [-0.3, -0.25) is 29.8 Å². The van der Waals surface area contributed by atoms with Gasteiger partial charge in [0.05, 0.1) is 9.85 Å². The van der Waals surface area contributed by atoms with Crippen LogP contribution >= 0.6 is 0 Å². The van der Waals surface area contributed by atoms with Gasteiger partial charge in [0.25, 0.3) is 11.4 Å². The molecular formula is C20H26FeN6O6+3. The first kappa shape index (κ1) is 29.6. The Labute approximate surface area is 201 Å². The van der Waals surface area contributed by atoms with Gasteiger partial charge >= 0.3 is 17.1 Å². The van der Waals surface area contributed by atoms with E-state index in [4.69, 9.17) is 0 Å². The third-order valence-corrected chi connectivity index (χ3v) is 3.96. The van der Waals surface area contributed by atoms with Gasteiger partial charge in [0.2, 0.25) is 0 Å². The number of nitrogens with zero attached hydrogens (tertiary/aromatic N) is 2. The van der Waals surface area contributed by atoms with Crippen LogP contribution in [0, 0.1) is 20.2 Å². The van der Waals surface area contributed by atoms with E-state index in [0.717, 1.165) is 13.1 Å². The normalized spacial score (nSPS) is 16.9. The Morgan fingerprint density at radius 1 is 0.727 bits per heavy atom. The number of hydrogen-bond donors (Lipinski definition) is 4. The molecule has 13 heteroatoms. The number of hydrogen-bond acceptors (Lipinski definition) is 10. The molecule has 2 aliphatic rings. The number of nitrogens with one attached hydrogen (secondary N) is 4. The molecule has 1 radical (unpaired) electrons. The van der Waals surface area contributed by atoms with Crippen LogP contribution in [0.3, 0.4) is 0 Å². The van der Waals surface area contributed by atoms with Gasteiger partial charge in [-0.1, -0.05) is 0 Å². The van der Waals surface area contributed by atoms with Crippen molar-refractivity contribution in [1.29, 1.82) is 0 Å². The van der Waals surface area contributed by atoms with Gasteiger partial charge in [0.15, 0.2) is 11.6 Å². The summed E-state index contributed by atoms with van der Waals surface area (Å²) in [4.78, 5) is 42.6. The molecule has 0 saturated heterocycles. The summed E-state index contributed by atoms with van der Waals surface area (Å²) < 4.78 is 0. The van der Waals surface area contributed by atoms with E-state index in [1.165, 1.54) is 48.9 Å². The van der Waals surface area contributed by atoms with Crippen LogP contribution < -0.4 is 21.3 Å². The maximum Gasteiger partial charge on any atom is 3.00 e. The van der Waals surface area contributed by atoms with E-state index < -0.39 is 9.85 Å². The number of allylic oxidation sites excluding steroid dienone is 8. The molecule has 0 atom stereocenters. The third kappa shape index (κ3) is 11.2. The van der Waals surface area contributed by atoms with Crippen molar-refractivity contribution in [3.8, 4) is 0 Å². The van der Waals surface area contributed by atoms with E-state index in [1.54, 1.807) is 0 Å². The fourth-order valence-corrected chi connectivity index (χ4v) is 2.28. The molecule has 0 bridgehead atoms. The zero-order valence-corrected chi connectivity index (χ0v) is 19.2. The molecule has 0 fully saturated rings. The molecule has 4 N–H and O–H groups in total. The summed E-state index contributed by atoms with van der Waals surface area (Å²) in [5.41, 5.74) is 0.429. The summed E-state index contributed by atoms with van der Waals surface area (Å²) in [5, 5.41) is 32.7. The van der Waals surface area contributed by atoms with Crippen molar-refractivity contribution in [1.82, 2.24) is 21.3 Å². The maximum atomic E-state index is 11.3. The summed E-state index contributed by atoms with van der Waals surface area (Å²) >= 11 is 0. The number of ketones is 2. The van der Waals surface area contributed by atoms with Crippen LogP contribution in [0.25, 0.3) is 0 Å². The molecular weight excluding hydrogens is 476 g/mol. The number of nitro groups is 2. The monoisotopic (exact) mass is 502 g/mol. The van der Waals surface area contributed by atoms with Gasteiger partial charge in [-0.15, -0.1) is 0 Å². The molecule has 12 nitrogen and oxygen atoms in total. The zero-order chi connectivity index (χ0) is 23.9. The predicted octanol–water partition coefficient (Wildman–Crippen LogP) is -0.0449. The molecule has 0 aromatic rings. The Morgan fingerprint density at radius 2 is 1.09 bits per heavy atom. The van der Waals surface area contributed by atoms with E-state index in [1.807, 2.05) is 14.1 Å². The van der Waals surface area contributed by atoms with Crippen LogP contribution in [-0.4, -0.2) is 61.7 Å². The molecule has 2 rings (SSSR count). The van der Waals surface area contributed by atoms with Crippen molar-refractivity contribution in [2.75, 3.05) is 40.3 Å². The van der Waals surface area contributed by atoms with Crippen molar-refractivity contribution in [3.05, 3.63) is 91.6 Å². The van der Waals surface area contributed by atoms with E-state index >= 15 is 0 Å². The van der Waals surface area contributed by atoms with Crippen molar-refractivity contribution < 1.29 is 36.5 Å². The molecule has 177 valence electrons. The van der Waals surface area contributed by atoms with Crippen LogP contribution in [0.2, 0.25) is 0 Å². The number of carbonyl (C=O) groups is 2. The molecule has 0 unspecified atom stereocenters. The summed E-state index contributed by atoms with van der Waals surface area (Å²) in [5.74, 6) is -0.467. The minimum absolute atomic E-state index is 0. The first-order valence-electron chi connectivity index (χ1n) is 9.63. The molecule has 33 heavy (non-hydrogen) atoms. The van der Waals surface area contributed by atoms with Crippen LogP contribution in [0.5, 0.6) is 0 Å². The van der Waals surface area contributed by atoms with Gasteiger partial charge in [0, 0.05) is 74.0 Å². The average Bonchev–Trinajstić information content (AvgIpc) is 2.76. The molecule has 0 heterocycles. The first-order valence-corrected chi connectivity index (χ1v) is 9.63. The summed E-state index contributed by atoms with van der Waals surface area (Å²) in [6, 6.07) is 0. The standard InChI is InChI=1S/2C10H13N3O3.Fe/c2*1-11-4-5-12-7-8-6-9(13(15)16)2-3-10(8)14;/h2*2-3,6-7,11-12H,4-5H2,1H3;/q;;+3. The Hall–Kier alpha value is -3.38. The van der Waals surface area contributed by atoms with Crippen LogP contribution in [0.15, 0.2) is 71.4 Å². The van der Waals surface area contributed by atoms with E-state index in [0.29, 0.717) is 24.2 Å². The van der Waals surface area contributed by atoms with Gasteiger partial charge in [-0.2, -0.15) is 0 Å². The third-order valence-electron chi connectivity index (χ3n) is 3.96. The minimum Gasteiger partial charge on any atom is -0.389 e. The van der Waals surface area contributed by atoms with E-state index in [-0.39, 0.29) is 40.0 Å². The second-order valence-corrected chi connectivity index (χ2v) is 6.36. The SMILES string of the molecule is CNCCNC=C1C=C([N+](=O)[O-])C=CC1=O.CNCCNC=C1C=C([N+](=O)[O-])C=CC1=O.[Fe+3]. The predicted molar refractivity (Wildman–Crippen MR) is 118 cm³/mol. The van der Waals surface area contributed by atoms with Gasteiger partial charge in [-0.05, 0) is 26.2 Å². The average molecular weight is 502 g/mol. The second-order valence-electron chi connectivity index (χ2n) is 6.36. The summed E-state index contributed by atoms with van der Waals surface area (Å²) in [6.07, 6.45) is 10.3. The van der Waals surface area contributed by atoms with Crippen molar-refractivity contribution in [2.24, 2.45) is 0 Å². The smallest absolute Gasteiger partial charge is 0.389 e. The molecule has 0 spiro atoms. The molecule has 2 aliphatic carbocycles. The van der Waals surface area contributed by atoms with Crippen LogP contribution in [0.1, 0.15) is 0 Å². The topological polar surface area (TPSA) is 169 Å². The van der Waals surface area contributed by atoms with Gasteiger partial charge in [-0.25, -0.2) is 0 Å². The second kappa shape index (κ2) is 16.3. The summed E-state index contributed by atoms with van der Waals surface area (Å²) in [7, 11) is 3.63. The summed E-state index contributed by atoms with van der Waals surface area (Å²) in [6.45, 7) is 2.80. The Bertz CT molecular complexity index is 846.